The highest BCUT2D eigenvalue weighted by molar-refractivity contribution is 7.15. The number of hydrogen-bond acceptors (Lipinski definition) is 5. The van der Waals surface area contributed by atoms with Crippen molar-refractivity contribution in [2.24, 2.45) is 0 Å². The standard InChI is InChI=1S/C17H16N2O3S/c1-10-6-7-13(21-3)12(9-10)18-16(20)15-11(2)23-17(19-15)14-5-4-8-22-14/h4-9H,1-3H3,(H,18,20). The highest BCUT2D eigenvalue weighted by Gasteiger charge is 2.18. The van der Waals surface area contributed by atoms with Crippen LogP contribution in [0.15, 0.2) is 41.0 Å². The Kier molecular flexibility index (Phi) is 4.16. The lowest BCUT2D eigenvalue weighted by Crippen LogP contribution is -2.14. The molecule has 0 atom stereocenters. The van der Waals surface area contributed by atoms with E-state index in [2.05, 4.69) is 10.3 Å². The molecule has 0 saturated heterocycles. The summed E-state index contributed by atoms with van der Waals surface area (Å²) in [5.74, 6) is 1.01. The number of carbonyl (C=O) groups is 1. The molecular formula is C17H16N2O3S. The third kappa shape index (κ3) is 3.12. The second-order valence-corrected chi connectivity index (χ2v) is 6.26. The van der Waals surface area contributed by atoms with E-state index in [4.69, 9.17) is 9.15 Å². The number of anilines is 1. The summed E-state index contributed by atoms with van der Waals surface area (Å²) < 4.78 is 10.6. The molecule has 1 N–H and O–H groups in total. The lowest BCUT2D eigenvalue weighted by molar-refractivity contribution is 0.102. The number of nitrogens with one attached hydrogen (secondary N) is 1. The Labute approximate surface area is 137 Å². The molecule has 0 radical (unpaired) electrons. The van der Waals surface area contributed by atoms with Gasteiger partial charge >= 0.3 is 0 Å². The van der Waals surface area contributed by atoms with Crippen molar-refractivity contribution in [3.8, 4) is 16.5 Å². The number of aromatic nitrogens is 1. The lowest BCUT2D eigenvalue weighted by Gasteiger charge is -2.10. The van der Waals surface area contributed by atoms with E-state index in [9.17, 15) is 4.79 Å². The number of benzene rings is 1. The molecule has 5 nitrogen and oxygen atoms in total. The minimum atomic E-state index is -0.263. The number of hydrogen-bond donors (Lipinski definition) is 1. The first-order chi connectivity index (χ1) is 11.1. The Morgan fingerprint density at radius 1 is 1.30 bits per heavy atom. The summed E-state index contributed by atoms with van der Waals surface area (Å²) in [6, 6.07) is 9.24. The van der Waals surface area contributed by atoms with Gasteiger partial charge in [-0.2, -0.15) is 0 Å². The molecule has 0 spiro atoms. The van der Waals surface area contributed by atoms with Crippen molar-refractivity contribution in [2.45, 2.75) is 13.8 Å². The predicted octanol–water partition coefficient (Wildman–Crippen LogP) is 4.28. The van der Waals surface area contributed by atoms with Crippen LogP contribution in [0.25, 0.3) is 10.8 Å². The van der Waals surface area contributed by atoms with Gasteiger partial charge in [-0.15, -0.1) is 11.3 Å². The van der Waals surface area contributed by atoms with Crippen molar-refractivity contribution in [1.82, 2.24) is 4.98 Å². The van der Waals surface area contributed by atoms with Crippen molar-refractivity contribution in [1.29, 1.82) is 0 Å². The monoisotopic (exact) mass is 328 g/mol. The van der Waals surface area contributed by atoms with Gasteiger partial charge in [-0.05, 0) is 43.7 Å². The van der Waals surface area contributed by atoms with E-state index in [-0.39, 0.29) is 5.91 Å². The van der Waals surface area contributed by atoms with Crippen molar-refractivity contribution >= 4 is 22.9 Å². The Morgan fingerprint density at radius 3 is 2.83 bits per heavy atom. The maximum atomic E-state index is 12.5. The number of methoxy groups -OCH3 is 1. The van der Waals surface area contributed by atoms with Crippen molar-refractivity contribution < 1.29 is 13.9 Å². The first-order valence-electron chi connectivity index (χ1n) is 7.06. The van der Waals surface area contributed by atoms with Crippen LogP contribution in [0.5, 0.6) is 5.75 Å². The number of nitrogens with zero attached hydrogens (tertiary/aromatic N) is 1. The van der Waals surface area contributed by atoms with Crippen LogP contribution in [0, 0.1) is 13.8 Å². The zero-order chi connectivity index (χ0) is 16.4. The van der Waals surface area contributed by atoms with Crippen molar-refractivity contribution in [3.05, 3.63) is 52.7 Å². The largest absolute Gasteiger partial charge is 0.495 e. The molecule has 0 aliphatic heterocycles. The molecule has 118 valence electrons. The van der Waals surface area contributed by atoms with E-state index in [0.717, 1.165) is 10.4 Å². The first kappa shape index (κ1) is 15.3. The summed E-state index contributed by atoms with van der Waals surface area (Å²) in [6.45, 7) is 3.82. The molecule has 6 heteroatoms. The van der Waals surface area contributed by atoms with Gasteiger partial charge in [-0.1, -0.05) is 6.07 Å². The second kappa shape index (κ2) is 6.26. The number of thiazole rings is 1. The topological polar surface area (TPSA) is 64.4 Å². The molecular weight excluding hydrogens is 312 g/mol. The average molecular weight is 328 g/mol. The van der Waals surface area contributed by atoms with E-state index < -0.39 is 0 Å². The summed E-state index contributed by atoms with van der Waals surface area (Å²) in [5, 5.41) is 3.56. The van der Waals surface area contributed by atoms with Gasteiger partial charge in [-0.3, -0.25) is 4.79 Å². The third-order valence-electron chi connectivity index (χ3n) is 3.35. The van der Waals surface area contributed by atoms with Gasteiger partial charge in [0.15, 0.2) is 10.8 Å². The van der Waals surface area contributed by atoms with E-state index in [1.807, 2.05) is 38.1 Å². The van der Waals surface area contributed by atoms with E-state index in [1.165, 1.54) is 11.3 Å². The number of ether oxygens (including phenoxy) is 1. The molecule has 3 aromatic rings. The number of amides is 1. The number of rotatable bonds is 4. The second-order valence-electron chi connectivity index (χ2n) is 5.06. The molecule has 2 aromatic heterocycles. The maximum absolute atomic E-state index is 12.5. The fourth-order valence-corrected chi connectivity index (χ4v) is 3.09. The Hall–Kier alpha value is -2.60. The number of carbonyl (C=O) groups excluding carboxylic acids is 1. The normalized spacial score (nSPS) is 10.6. The Balaban J connectivity index is 1.88. The first-order valence-corrected chi connectivity index (χ1v) is 7.87. The van der Waals surface area contributed by atoms with Gasteiger partial charge in [0.05, 0.1) is 19.1 Å². The zero-order valence-corrected chi connectivity index (χ0v) is 13.9. The predicted molar refractivity (Wildman–Crippen MR) is 90.2 cm³/mol. The van der Waals surface area contributed by atoms with Crippen LogP contribution >= 0.6 is 11.3 Å². The minimum absolute atomic E-state index is 0.263. The summed E-state index contributed by atoms with van der Waals surface area (Å²) in [7, 11) is 1.57. The van der Waals surface area contributed by atoms with Crippen molar-refractivity contribution in [3.63, 3.8) is 0 Å². The van der Waals surface area contributed by atoms with Gasteiger partial charge in [0.2, 0.25) is 0 Å². The Bertz CT molecular complexity index is 838. The van der Waals surface area contributed by atoms with Crippen LogP contribution in [-0.2, 0) is 0 Å². The Morgan fingerprint density at radius 2 is 2.13 bits per heavy atom. The van der Waals surface area contributed by atoms with Gasteiger partial charge in [0, 0.05) is 4.88 Å². The van der Waals surface area contributed by atoms with E-state index in [1.54, 1.807) is 19.4 Å². The number of aryl methyl sites for hydroxylation is 2. The molecule has 0 unspecified atom stereocenters. The van der Waals surface area contributed by atoms with E-state index >= 15 is 0 Å². The van der Waals surface area contributed by atoms with Gasteiger partial charge in [0.1, 0.15) is 11.4 Å². The summed E-state index contributed by atoms with van der Waals surface area (Å²) in [6.07, 6.45) is 1.59. The molecule has 0 fully saturated rings. The molecule has 2 heterocycles. The fourth-order valence-electron chi connectivity index (χ4n) is 2.21. The van der Waals surface area contributed by atoms with E-state index in [0.29, 0.717) is 27.9 Å². The van der Waals surface area contributed by atoms with Crippen molar-refractivity contribution in [2.75, 3.05) is 12.4 Å². The smallest absolute Gasteiger partial charge is 0.275 e. The SMILES string of the molecule is COc1ccc(C)cc1NC(=O)c1nc(-c2ccco2)sc1C. The average Bonchev–Trinajstić information content (AvgIpc) is 3.16. The molecule has 1 aromatic carbocycles. The molecule has 1 amide bonds. The quantitative estimate of drug-likeness (QED) is 0.776. The molecule has 0 saturated carbocycles. The lowest BCUT2D eigenvalue weighted by atomic mass is 10.2. The molecule has 0 bridgehead atoms. The van der Waals surface area contributed by atoms with Crippen LogP contribution in [0.1, 0.15) is 20.9 Å². The van der Waals surface area contributed by atoms with Gasteiger partial charge < -0.3 is 14.5 Å². The zero-order valence-electron chi connectivity index (χ0n) is 13.0. The van der Waals surface area contributed by atoms with Crippen LogP contribution in [0.2, 0.25) is 0 Å². The summed E-state index contributed by atoms with van der Waals surface area (Å²) in [4.78, 5) is 17.8. The summed E-state index contributed by atoms with van der Waals surface area (Å²) in [5.41, 5.74) is 2.06. The molecule has 23 heavy (non-hydrogen) atoms. The highest BCUT2D eigenvalue weighted by Crippen LogP contribution is 2.30. The molecule has 0 aliphatic rings. The molecule has 0 aliphatic carbocycles. The minimum Gasteiger partial charge on any atom is -0.495 e. The van der Waals surface area contributed by atoms with Gasteiger partial charge in [-0.25, -0.2) is 4.98 Å². The van der Waals surface area contributed by atoms with Crippen LogP contribution in [0.4, 0.5) is 5.69 Å². The highest BCUT2D eigenvalue weighted by atomic mass is 32.1. The van der Waals surface area contributed by atoms with Crippen LogP contribution in [-0.4, -0.2) is 18.0 Å². The molecule has 3 rings (SSSR count). The maximum Gasteiger partial charge on any atom is 0.275 e. The van der Waals surface area contributed by atoms with Gasteiger partial charge in [0.25, 0.3) is 5.91 Å². The fraction of sp³-hybridized carbons (Fsp3) is 0.176. The van der Waals surface area contributed by atoms with Crippen LogP contribution < -0.4 is 10.1 Å². The van der Waals surface area contributed by atoms with Crippen LogP contribution in [0.3, 0.4) is 0 Å². The summed E-state index contributed by atoms with van der Waals surface area (Å²) >= 11 is 1.43. The third-order valence-corrected chi connectivity index (χ3v) is 4.33. The number of furan rings is 1.